The predicted octanol–water partition coefficient (Wildman–Crippen LogP) is 6.25. The summed E-state index contributed by atoms with van der Waals surface area (Å²) in [4.78, 5) is 16.7. The third-order valence-corrected chi connectivity index (χ3v) is 8.25. The molecule has 2 aromatic rings. The molecule has 4 aliphatic rings. The van der Waals surface area contributed by atoms with Gasteiger partial charge in [0.15, 0.2) is 6.29 Å². The molecule has 0 radical (unpaired) electrons. The quantitative estimate of drug-likeness (QED) is 0.464. The van der Waals surface area contributed by atoms with Crippen molar-refractivity contribution in [2.24, 2.45) is 5.41 Å². The summed E-state index contributed by atoms with van der Waals surface area (Å²) < 4.78 is 23.3. The fourth-order valence-corrected chi connectivity index (χ4v) is 6.08. The average Bonchev–Trinajstić information content (AvgIpc) is 2.91. The Morgan fingerprint density at radius 3 is 2.49 bits per heavy atom. The van der Waals surface area contributed by atoms with E-state index in [0.717, 1.165) is 82.0 Å². The van der Waals surface area contributed by atoms with E-state index in [1.165, 1.54) is 16.8 Å². The van der Waals surface area contributed by atoms with Gasteiger partial charge in [0.1, 0.15) is 23.7 Å². The first-order valence-electron chi connectivity index (χ1n) is 14.4. The third-order valence-electron chi connectivity index (χ3n) is 8.25. The van der Waals surface area contributed by atoms with Crippen LogP contribution in [0.4, 0.5) is 10.5 Å². The van der Waals surface area contributed by atoms with Crippen LogP contribution in [0.5, 0.6) is 11.5 Å². The Balaban J connectivity index is 1.05. The van der Waals surface area contributed by atoms with Crippen LogP contribution in [-0.2, 0) is 9.47 Å². The molecular weight excluding hydrogens is 492 g/mol. The Morgan fingerprint density at radius 1 is 1.03 bits per heavy atom. The fourth-order valence-electron chi connectivity index (χ4n) is 6.08. The summed E-state index contributed by atoms with van der Waals surface area (Å²) in [7, 11) is 0. The van der Waals surface area contributed by atoms with Gasteiger partial charge in [0.05, 0.1) is 6.61 Å². The van der Waals surface area contributed by atoms with Crippen molar-refractivity contribution in [1.29, 1.82) is 0 Å². The van der Waals surface area contributed by atoms with E-state index in [1.54, 1.807) is 0 Å². The van der Waals surface area contributed by atoms with E-state index in [2.05, 4.69) is 41.3 Å². The molecule has 0 N–H and O–H groups in total. The molecule has 1 spiro atoms. The number of hydrogen-bond acceptors (Lipinski definition) is 6. The number of rotatable bonds is 4. The molecule has 7 heteroatoms. The lowest BCUT2D eigenvalue weighted by molar-refractivity contribution is -0.105. The van der Waals surface area contributed by atoms with Gasteiger partial charge < -0.3 is 28.7 Å². The molecule has 3 fully saturated rings. The molecule has 0 aliphatic carbocycles. The SMILES string of the molecule is CC(C)(C)OC(=O)N1CCC2(CC1)CN(c1ccc(C3=CCOc4cc(OC5CCCCO5)ccc43)cc1)C2. The second kappa shape index (κ2) is 10.4. The summed E-state index contributed by atoms with van der Waals surface area (Å²) in [6, 6.07) is 15.0. The Labute approximate surface area is 231 Å². The molecule has 39 heavy (non-hydrogen) atoms. The highest BCUT2D eigenvalue weighted by Crippen LogP contribution is 2.43. The van der Waals surface area contributed by atoms with Crippen LogP contribution in [-0.4, -0.2) is 62.3 Å². The average molecular weight is 533 g/mol. The molecule has 7 nitrogen and oxygen atoms in total. The van der Waals surface area contributed by atoms with Crippen LogP contribution >= 0.6 is 0 Å². The summed E-state index contributed by atoms with van der Waals surface area (Å²) in [6.07, 6.45) is 7.04. The van der Waals surface area contributed by atoms with E-state index in [0.29, 0.717) is 12.0 Å². The van der Waals surface area contributed by atoms with Crippen LogP contribution in [0.15, 0.2) is 48.5 Å². The first-order valence-corrected chi connectivity index (χ1v) is 14.4. The van der Waals surface area contributed by atoms with Crippen LogP contribution < -0.4 is 14.4 Å². The van der Waals surface area contributed by atoms with Crippen LogP contribution in [0, 0.1) is 5.41 Å². The number of carbonyl (C=O) groups is 1. The highest BCUT2D eigenvalue weighted by atomic mass is 16.7. The Morgan fingerprint density at radius 2 is 1.79 bits per heavy atom. The molecule has 0 bridgehead atoms. The van der Waals surface area contributed by atoms with E-state index < -0.39 is 5.60 Å². The number of nitrogens with zero attached hydrogens (tertiary/aromatic N) is 2. The standard InChI is InChI=1S/C32H40N2O5/c1-31(2,3)39-30(35)33-16-14-32(15-17-33)21-34(22-32)24-9-7-23(8-10-24)26-13-19-36-28-20-25(11-12-27(26)28)38-29-6-4-5-18-37-29/h7-13,20,29H,4-6,14-19,21-22H2,1-3H3. The zero-order chi connectivity index (χ0) is 27.0. The number of anilines is 1. The lowest BCUT2D eigenvalue weighted by Gasteiger charge is -2.55. The van der Waals surface area contributed by atoms with Gasteiger partial charge in [-0.2, -0.15) is 0 Å². The molecule has 4 heterocycles. The molecular formula is C32H40N2O5. The van der Waals surface area contributed by atoms with E-state index in [4.69, 9.17) is 18.9 Å². The molecule has 6 rings (SSSR count). The second-order valence-corrected chi connectivity index (χ2v) is 12.4. The smallest absolute Gasteiger partial charge is 0.410 e. The van der Waals surface area contributed by atoms with E-state index in [9.17, 15) is 4.79 Å². The van der Waals surface area contributed by atoms with Crippen molar-refractivity contribution >= 4 is 17.4 Å². The van der Waals surface area contributed by atoms with Crippen molar-refractivity contribution in [2.75, 3.05) is 44.3 Å². The zero-order valence-electron chi connectivity index (χ0n) is 23.4. The van der Waals surface area contributed by atoms with Gasteiger partial charge in [0.2, 0.25) is 0 Å². The third kappa shape index (κ3) is 5.74. The minimum absolute atomic E-state index is 0.166. The van der Waals surface area contributed by atoms with Gasteiger partial charge in [0.25, 0.3) is 0 Å². The fraction of sp³-hybridized carbons (Fsp3) is 0.531. The monoisotopic (exact) mass is 532 g/mol. The lowest BCUT2D eigenvalue weighted by Crippen LogP contribution is -2.61. The van der Waals surface area contributed by atoms with Gasteiger partial charge in [-0.3, -0.25) is 0 Å². The Bertz CT molecular complexity index is 1210. The van der Waals surface area contributed by atoms with Crippen LogP contribution in [0.3, 0.4) is 0 Å². The maximum Gasteiger partial charge on any atom is 0.410 e. The molecule has 4 aliphatic heterocycles. The Kier molecular flexibility index (Phi) is 6.96. The van der Waals surface area contributed by atoms with Gasteiger partial charge in [0, 0.05) is 55.3 Å². The van der Waals surface area contributed by atoms with Crippen LogP contribution in [0.2, 0.25) is 0 Å². The topological polar surface area (TPSA) is 60.5 Å². The number of piperidine rings is 1. The maximum atomic E-state index is 12.4. The lowest BCUT2D eigenvalue weighted by atomic mass is 9.72. The van der Waals surface area contributed by atoms with Crippen molar-refractivity contribution in [1.82, 2.24) is 4.90 Å². The maximum absolute atomic E-state index is 12.4. The summed E-state index contributed by atoms with van der Waals surface area (Å²) in [5, 5.41) is 0. The molecule has 2 aromatic carbocycles. The Hall–Kier alpha value is -3.19. The summed E-state index contributed by atoms with van der Waals surface area (Å²) >= 11 is 0. The summed E-state index contributed by atoms with van der Waals surface area (Å²) in [5.41, 5.74) is 4.58. The van der Waals surface area contributed by atoms with Crippen LogP contribution in [0.1, 0.15) is 64.0 Å². The summed E-state index contributed by atoms with van der Waals surface area (Å²) in [6.45, 7) is 10.7. The van der Waals surface area contributed by atoms with Crippen LogP contribution in [0.25, 0.3) is 5.57 Å². The zero-order valence-corrected chi connectivity index (χ0v) is 23.4. The molecule has 0 saturated carbocycles. The number of fused-ring (bicyclic) bond motifs is 1. The normalized spacial score (nSPS) is 22.3. The van der Waals surface area contributed by atoms with Gasteiger partial charge in [-0.05, 0) is 87.9 Å². The number of amides is 1. The minimum atomic E-state index is -0.449. The number of hydrogen-bond donors (Lipinski definition) is 0. The number of benzene rings is 2. The molecule has 1 amide bonds. The van der Waals surface area contributed by atoms with Gasteiger partial charge in [-0.15, -0.1) is 0 Å². The number of likely N-dealkylation sites (tertiary alicyclic amines) is 1. The highest BCUT2D eigenvalue weighted by molar-refractivity contribution is 5.84. The molecule has 208 valence electrons. The van der Waals surface area contributed by atoms with E-state index in [1.807, 2.05) is 37.8 Å². The van der Waals surface area contributed by atoms with Gasteiger partial charge in [-0.25, -0.2) is 4.79 Å². The van der Waals surface area contributed by atoms with Gasteiger partial charge in [-0.1, -0.05) is 12.1 Å². The predicted molar refractivity (Wildman–Crippen MR) is 151 cm³/mol. The number of ether oxygens (including phenoxy) is 4. The largest absolute Gasteiger partial charge is 0.489 e. The molecule has 0 aromatic heterocycles. The van der Waals surface area contributed by atoms with Gasteiger partial charge >= 0.3 is 6.09 Å². The highest BCUT2D eigenvalue weighted by Gasteiger charge is 2.46. The van der Waals surface area contributed by atoms with E-state index >= 15 is 0 Å². The molecule has 3 saturated heterocycles. The first kappa shape index (κ1) is 26.1. The van der Waals surface area contributed by atoms with E-state index in [-0.39, 0.29) is 12.4 Å². The minimum Gasteiger partial charge on any atom is -0.489 e. The second-order valence-electron chi connectivity index (χ2n) is 12.4. The van der Waals surface area contributed by atoms with Crippen molar-refractivity contribution in [2.45, 2.75) is 64.8 Å². The molecule has 1 atom stereocenters. The molecule has 1 unspecified atom stereocenters. The van der Waals surface area contributed by atoms with Crippen molar-refractivity contribution in [3.05, 3.63) is 59.7 Å². The van der Waals surface area contributed by atoms with Crippen molar-refractivity contribution in [3.63, 3.8) is 0 Å². The van der Waals surface area contributed by atoms with Crippen molar-refractivity contribution in [3.8, 4) is 11.5 Å². The summed E-state index contributed by atoms with van der Waals surface area (Å²) in [5.74, 6) is 1.65. The number of carbonyl (C=O) groups excluding carboxylic acids is 1. The first-order chi connectivity index (χ1) is 18.8. The van der Waals surface area contributed by atoms with Crippen molar-refractivity contribution < 1.29 is 23.7 Å².